The lowest BCUT2D eigenvalue weighted by atomic mass is 10.1. The maximum absolute atomic E-state index is 12.2. The van der Waals surface area contributed by atoms with Crippen LogP contribution in [0.1, 0.15) is 6.42 Å². The van der Waals surface area contributed by atoms with Crippen LogP contribution in [0.4, 0.5) is 8.78 Å². The van der Waals surface area contributed by atoms with Crippen molar-refractivity contribution in [2.24, 2.45) is 5.92 Å². The van der Waals surface area contributed by atoms with Crippen molar-refractivity contribution in [3.05, 3.63) is 0 Å². The number of carbonyl (C=O) groups excluding carboxylic acids is 1. The molecule has 1 fully saturated rings. The van der Waals surface area contributed by atoms with Crippen LogP contribution in [0, 0.1) is 5.92 Å². The largest absolute Gasteiger partial charge is 0.395 e. The number of hydrogen-bond donors (Lipinski definition) is 1. The Morgan fingerprint density at radius 1 is 1.47 bits per heavy atom. The van der Waals surface area contributed by atoms with Crippen molar-refractivity contribution >= 4 is 15.7 Å². The van der Waals surface area contributed by atoms with Crippen LogP contribution >= 0.6 is 0 Å². The monoisotopic (exact) mass is 271 g/mol. The van der Waals surface area contributed by atoms with Crippen LogP contribution < -0.4 is 0 Å². The average Bonchev–Trinajstić information content (AvgIpc) is 2.56. The normalized spacial score (nSPS) is 22.9. The molecule has 5 nitrogen and oxygen atoms in total. The zero-order valence-corrected chi connectivity index (χ0v) is 10.00. The summed E-state index contributed by atoms with van der Waals surface area (Å²) in [6, 6.07) is 0. The van der Waals surface area contributed by atoms with E-state index >= 15 is 0 Å². The quantitative estimate of drug-likeness (QED) is 0.732. The summed E-state index contributed by atoms with van der Waals surface area (Å²) in [4.78, 5) is 12.6. The third-order valence-electron chi connectivity index (χ3n) is 2.62. The molecule has 1 aliphatic rings. The number of rotatable bonds is 5. The standard InChI is InChI=1S/C9H15F2NO4S/c10-8(11)5-12(2-3-13)9(14)7-1-4-17(15,16)6-7/h7-8,13H,1-6H2. The molecule has 0 aromatic rings. The van der Waals surface area contributed by atoms with E-state index < -0.39 is 41.2 Å². The second-order valence-corrected chi connectivity index (χ2v) is 6.23. The summed E-state index contributed by atoms with van der Waals surface area (Å²) in [5, 5.41) is 8.69. The first-order valence-corrected chi connectivity index (χ1v) is 7.06. The Morgan fingerprint density at radius 3 is 2.53 bits per heavy atom. The first-order valence-electron chi connectivity index (χ1n) is 5.24. The molecule has 1 rings (SSSR count). The fraction of sp³-hybridized carbons (Fsp3) is 0.889. The molecule has 1 saturated heterocycles. The zero-order chi connectivity index (χ0) is 13.1. The molecule has 1 heterocycles. The highest BCUT2D eigenvalue weighted by molar-refractivity contribution is 7.91. The van der Waals surface area contributed by atoms with E-state index in [4.69, 9.17) is 5.11 Å². The highest BCUT2D eigenvalue weighted by Crippen LogP contribution is 2.21. The molecule has 0 saturated carbocycles. The number of amides is 1. The topological polar surface area (TPSA) is 74.7 Å². The van der Waals surface area contributed by atoms with E-state index in [1.165, 1.54) is 0 Å². The summed E-state index contributed by atoms with van der Waals surface area (Å²) in [6.45, 7) is -1.38. The van der Waals surface area contributed by atoms with E-state index in [-0.39, 0.29) is 24.5 Å². The maximum atomic E-state index is 12.2. The van der Waals surface area contributed by atoms with Gasteiger partial charge in [0.1, 0.15) is 0 Å². The van der Waals surface area contributed by atoms with Gasteiger partial charge in [-0.1, -0.05) is 0 Å². The predicted octanol–water partition coefficient (Wildman–Crippen LogP) is -0.493. The van der Waals surface area contributed by atoms with Crippen molar-refractivity contribution in [2.75, 3.05) is 31.2 Å². The zero-order valence-electron chi connectivity index (χ0n) is 9.18. The van der Waals surface area contributed by atoms with Gasteiger partial charge in [-0.3, -0.25) is 4.79 Å². The third-order valence-corrected chi connectivity index (χ3v) is 4.39. The Bertz CT molecular complexity index is 371. The lowest BCUT2D eigenvalue weighted by molar-refractivity contribution is -0.137. The van der Waals surface area contributed by atoms with Crippen LogP contribution in [0.3, 0.4) is 0 Å². The Kier molecular flexibility index (Phi) is 4.81. The van der Waals surface area contributed by atoms with Gasteiger partial charge in [-0.25, -0.2) is 17.2 Å². The van der Waals surface area contributed by atoms with Gasteiger partial charge in [0.15, 0.2) is 9.84 Å². The van der Waals surface area contributed by atoms with Gasteiger partial charge in [-0.15, -0.1) is 0 Å². The summed E-state index contributed by atoms with van der Waals surface area (Å²) in [5.74, 6) is -1.71. The lowest BCUT2D eigenvalue weighted by Gasteiger charge is -2.23. The second kappa shape index (κ2) is 5.72. The molecule has 1 unspecified atom stereocenters. The molecule has 0 aliphatic carbocycles. The van der Waals surface area contributed by atoms with Gasteiger partial charge in [0, 0.05) is 6.54 Å². The first-order chi connectivity index (χ1) is 7.85. The van der Waals surface area contributed by atoms with Gasteiger partial charge < -0.3 is 10.0 Å². The van der Waals surface area contributed by atoms with Crippen molar-refractivity contribution in [1.29, 1.82) is 0 Å². The van der Waals surface area contributed by atoms with Crippen LogP contribution in [0.15, 0.2) is 0 Å². The van der Waals surface area contributed by atoms with Crippen molar-refractivity contribution in [1.82, 2.24) is 4.90 Å². The lowest BCUT2D eigenvalue weighted by Crippen LogP contribution is -2.41. The van der Waals surface area contributed by atoms with Gasteiger partial charge in [-0.2, -0.15) is 0 Å². The van der Waals surface area contributed by atoms with Gasteiger partial charge in [0.05, 0.1) is 30.6 Å². The summed E-state index contributed by atoms with van der Waals surface area (Å²) in [7, 11) is -3.21. The molecule has 0 spiro atoms. The Balaban J connectivity index is 2.65. The van der Waals surface area contributed by atoms with Gasteiger partial charge >= 0.3 is 0 Å². The highest BCUT2D eigenvalue weighted by atomic mass is 32.2. The maximum Gasteiger partial charge on any atom is 0.255 e. The van der Waals surface area contributed by atoms with Gasteiger partial charge in [0.25, 0.3) is 6.43 Å². The van der Waals surface area contributed by atoms with Crippen molar-refractivity contribution in [3.8, 4) is 0 Å². The van der Waals surface area contributed by atoms with Crippen molar-refractivity contribution in [2.45, 2.75) is 12.8 Å². The number of aliphatic hydroxyl groups excluding tert-OH is 1. The number of sulfone groups is 1. The number of halogens is 2. The number of nitrogens with zero attached hydrogens (tertiary/aromatic N) is 1. The molecule has 100 valence electrons. The molecule has 0 bridgehead atoms. The summed E-state index contributed by atoms with van der Waals surface area (Å²) < 4.78 is 46.8. The SMILES string of the molecule is O=C(C1CCS(=O)(=O)C1)N(CCO)CC(F)F. The average molecular weight is 271 g/mol. The van der Waals surface area contributed by atoms with Crippen molar-refractivity contribution in [3.63, 3.8) is 0 Å². The minimum Gasteiger partial charge on any atom is -0.395 e. The minimum absolute atomic E-state index is 0.0783. The molecular weight excluding hydrogens is 256 g/mol. The summed E-state index contributed by atoms with van der Waals surface area (Å²) >= 11 is 0. The van der Waals surface area contributed by atoms with Crippen LogP contribution in [0.2, 0.25) is 0 Å². The number of aliphatic hydroxyl groups is 1. The van der Waals surface area contributed by atoms with E-state index in [9.17, 15) is 22.0 Å². The van der Waals surface area contributed by atoms with Crippen LogP contribution in [0.5, 0.6) is 0 Å². The molecule has 0 radical (unpaired) electrons. The van der Waals surface area contributed by atoms with E-state index in [0.29, 0.717) is 0 Å². The molecule has 8 heteroatoms. The third kappa shape index (κ3) is 4.19. The molecule has 1 amide bonds. The Morgan fingerprint density at radius 2 is 2.12 bits per heavy atom. The smallest absolute Gasteiger partial charge is 0.255 e. The Hall–Kier alpha value is -0.760. The van der Waals surface area contributed by atoms with E-state index in [0.717, 1.165) is 4.90 Å². The van der Waals surface area contributed by atoms with Crippen molar-refractivity contribution < 1.29 is 27.1 Å². The summed E-state index contributed by atoms with van der Waals surface area (Å²) in [5.41, 5.74) is 0. The molecule has 0 aromatic heterocycles. The molecule has 0 aromatic carbocycles. The fourth-order valence-corrected chi connectivity index (χ4v) is 3.56. The Labute approximate surface area is 98.3 Å². The number of alkyl halides is 2. The van der Waals surface area contributed by atoms with Gasteiger partial charge in [0.2, 0.25) is 5.91 Å². The number of carbonyl (C=O) groups is 1. The second-order valence-electron chi connectivity index (χ2n) is 4.00. The minimum atomic E-state index is -3.21. The predicted molar refractivity (Wildman–Crippen MR) is 56.4 cm³/mol. The fourth-order valence-electron chi connectivity index (χ4n) is 1.83. The van der Waals surface area contributed by atoms with E-state index in [2.05, 4.69) is 0 Å². The van der Waals surface area contributed by atoms with Crippen LogP contribution in [-0.2, 0) is 14.6 Å². The molecule has 17 heavy (non-hydrogen) atoms. The van der Waals surface area contributed by atoms with Crippen LogP contribution in [0.25, 0.3) is 0 Å². The van der Waals surface area contributed by atoms with E-state index in [1.54, 1.807) is 0 Å². The van der Waals surface area contributed by atoms with E-state index in [1.807, 2.05) is 0 Å². The molecule has 1 atom stereocenters. The first kappa shape index (κ1) is 14.3. The molecule has 1 N–H and O–H groups in total. The molecular formula is C9H15F2NO4S. The summed E-state index contributed by atoms with van der Waals surface area (Å²) in [6.07, 6.45) is -2.52. The highest BCUT2D eigenvalue weighted by Gasteiger charge is 2.35. The van der Waals surface area contributed by atoms with Gasteiger partial charge in [-0.05, 0) is 6.42 Å². The number of hydrogen-bond acceptors (Lipinski definition) is 4. The van der Waals surface area contributed by atoms with Crippen LogP contribution in [-0.4, -0.2) is 62.0 Å². The molecule has 1 aliphatic heterocycles.